The number of carbonyl (C=O) groups excluding carboxylic acids is 2. The van der Waals surface area contributed by atoms with Gasteiger partial charge in [0.1, 0.15) is 12.2 Å². The summed E-state index contributed by atoms with van der Waals surface area (Å²) in [6.45, 7) is 4.16. The number of carbonyl (C=O) groups is 2. The van der Waals surface area contributed by atoms with E-state index in [1.165, 1.54) is 0 Å². The normalized spacial score (nSPS) is 14.6. The molecule has 0 bridgehead atoms. The van der Waals surface area contributed by atoms with Crippen LogP contribution >= 0.6 is 0 Å². The highest BCUT2D eigenvalue weighted by Gasteiger charge is 2.24. The number of esters is 1. The van der Waals surface area contributed by atoms with Crippen LogP contribution in [0.4, 0.5) is 0 Å². The van der Waals surface area contributed by atoms with Crippen LogP contribution in [0.15, 0.2) is 69.9 Å². The number of para-hydroxylation sites is 3. The van der Waals surface area contributed by atoms with E-state index in [2.05, 4.69) is 0 Å². The van der Waals surface area contributed by atoms with Crippen LogP contribution in [0.25, 0.3) is 11.0 Å². The summed E-state index contributed by atoms with van der Waals surface area (Å²) in [7, 11) is 0. The van der Waals surface area contributed by atoms with Crippen molar-refractivity contribution in [3.63, 3.8) is 0 Å². The summed E-state index contributed by atoms with van der Waals surface area (Å²) in [6.07, 6.45) is -0.216. The number of rotatable bonds is 6. The molecular formula is C27H23NO7. The first-order valence-electron chi connectivity index (χ1n) is 11.2. The van der Waals surface area contributed by atoms with Gasteiger partial charge in [0.05, 0.1) is 11.9 Å². The smallest absolute Gasteiger partial charge is 0.374 e. The molecule has 178 valence electrons. The molecule has 0 fully saturated rings. The zero-order valence-corrected chi connectivity index (χ0v) is 19.3. The minimum atomic E-state index is -0.874. The van der Waals surface area contributed by atoms with Crippen molar-refractivity contribution in [1.29, 1.82) is 0 Å². The molecule has 0 amide bonds. The molecule has 0 aliphatic carbocycles. The van der Waals surface area contributed by atoms with E-state index in [4.69, 9.17) is 18.6 Å². The highest BCUT2D eigenvalue weighted by Crippen LogP contribution is 2.31. The monoisotopic (exact) mass is 473 g/mol. The van der Waals surface area contributed by atoms with Crippen LogP contribution in [0.3, 0.4) is 0 Å². The van der Waals surface area contributed by atoms with Crippen molar-refractivity contribution in [2.45, 2.75) is 26.5 Å². The van der Waals surface area contributed by atoms with E-state index in [1.54, 1.807) is 30.3 Å². The summed E-state index contributed by atoms with van der Waals surface area (Å²) in [5.41, 5.74) is 1.99. The molecule has 35 heavy (non-hydrogen) atoms. The van der Waals surface area contributed by atoms with Gasteiger partial charge in [-0.05, 0) is 44.2 Å². The third-order valence-corrected chi connectivity index (χ3v) is 6.00. The lowest BCUT2D eigenvalue weighted by Crippen LogP contribution is -2.33. The number of benzene rings is 2. The Morgan fingerprint density at radius 3 is 2.60 bits per heavy atom. The maximum atomic E-state index is 12.9. The average Bonchev–Trinajstić information content (AvgIpc) is 3.15. The van der Waals surface area contributed by atoms with Crippen LogP contribution in [0.5, 0.6) is 11.5 Å². The van der Waals surface area contributed by atoms with Crippen molar-refractivity contribution in [2.75, 3.05) is 13.2 Å². The van der Waals surface area contributed by atoms with E-state index in [0.717, 1.165) is 17.5 Å². The van der Waals surface area contributed by atoms with E-state index in [1.807, 2.05) is 42.7 Å². The van der Waals surface area contributed by atoms with Gasteiger partial charge in [-0.2, -0.15) is 0 Å². The standard InChI is InChI=1S/C27H23NO7/c1-16-11-20(17(2)28(16)13-18-14-32-24-9-5-6-10-25(24)34-18)22(30)15-33-27(31)26-12-21(29)19-7-3-4-8-23(19)35-26/h3-12,18H,13-15H2,1-2H3. The van der Waals surface area contributed by atoms with Crippen LogP contribution in [0.1, 0.15) is 32.3 Å². The van der Waals surface area contributed by atoms with Crippen molar-refractivity contribution < 1.29 is 28.2 Å². The number of fused-ring (bicyclic) bond motifs is 2. The number of hydrogen-bond donors (Lipinski definition) is 0. The highest BCUT2D eigenvalue weighted by molar-refractivity contribution is 6.00. The van der Waals surface area contributed by atoms with E-state index >= 15 is 0 Å². The van der Waals surface area contributed by atoms with Crippen molar-refractivity contribution in [2.24, 2.45) is 0 Å². The highest BCUT2D eigenvalue weighted by atomic mass is 16.6. The van der Waals surface area contributed by atoms with Gasteiger partial charge in [0.15, 0.2) is 29.6 Å². The molecule has 0 saturated heterocycles. The second-order valence-electron chi connectivity index (χ2n) is 8.36. The molecule has 0 spiro atoms. The maximum absolute atomic E-state index is 12.9. The first kappa shape index (κ1) is 22.5. The lowest BCUT2D eigenvalue weighted by molar-refractivity contribution is 0.0444. The quantitative estimate of drug-likeness (QED) is 0.307. The Kier molecular flexibility index (Phi) is 5.86. The molecule has 5 rings (SSSR count). The summed E-state index contributed by atoms with van der Waals surface area (Å²) < 4.78 is 24.5. The van der Waals surface area contributed by atoms with Gasteiger partial charge in [0.25, 0.3) is 0 Å². The van der Waals surface area contributed by atoms with Crippen LogP contribution in [-0.4, -0.2) is 35.6 Å². The van der Waals surface area contributed by atoms with Crippen LogP contribution in [0, 0.1) is 13.8 Å². The minimum Gasteiger partial charge on any atom is -0.486 e. The van der Waals surface area contributed by atoms with E-state index in [0.29, 0.717) is 35.6 Å². The van der Waals surface area contributed by atoms with Gasteiger partial charge in [-0.3, -0.25) is 9.59 Å². The molecule has 0 saturated carbocycles. The van der Waals surface area contributed by atoms with Crippen LogP contribution in [-0.2, 0) is 11.3 Å². The van der Waals surface area contributed by atoms with Crippen LogP contribution < -0.4 is 14.9 Å². The summed E-state index contributed by atoms with van der Waals surface area (Å²) >= 11 is 0. The van der Waals surface area contributed by atoms with Gasteiger partial charge in [0, 0.05) is 23.0 Å². The molecule has 1 unspecified atom stereocenters. The number of aromatic nitrogens is 1. The van der Waals surface area contributed by atoms with Crippen molar-refractivity contribution in [1.82, 2.24) is 4.57 Å². The van der Waals surface area contributed by atoms with Crippen molar-refractivity contribution >= 4 is 22.7 Å². The molecule has 2 aromatic heterocycles. The predicted molar refractivity (Wildman–Crippen MR) is 127 cm³/mol. The Hall–Kier alpha value is -4.33. The fraction of sp³-hybridized carbons (Fsp3) is 0.222. The minimum absolute atomic E-state index is 0.216. The van der Waals surface area contributed by atoms with E-state index in [9.17, 15) is 14.4 Å². The lowest BCUT2D eigenvalue weighted by atomic mass is 10.1. The molecule has 4 aromatic rings. The largest absolute Gasteiger partial charge is 0.486 e. The zero-order valence-electron chi connectivity index (χ0n) is 19.3. The van der Waals surface area contributed by atoms with Crippen LogP contribution in [0.2, 0.25) is 0 Å². The van der Waals surface area contributed by atoms with Gasteiger partial charge in [-0.15, -0.1) is 0 Å². The van der Waals surface area contributed by atoms with E-state index in [-0.39, 0.29) is 28.7 Å². The molecule has 3 heterocycles. The van der Waals surface area contributed by atoms with Gasteiger partial charge in [-0.1, -0.05) is 24.3 Å². The SMILES string of the molecule is Cc1cc(C(=O)COC(=O)c2cc(=O)c3ccccc3o2)c(C)n1CC1COc2ccccc2O1. The fourth-order valence-corrected chi connectivity index (χ4v) is 4.21. The summed E-state index contributed by atoms with van der Waals surface area (Å²) in [5.74, 6) is -0.0745. The predicted octanol–water partition coefficient (Wildman–Crippen LogP) is 4.09. The number of hydrogen-bond acceptors (Lipinski definition) is 7. The third kappa shape index (κ3) is 4.42. The first-order chi connectivity index (χ1) is 16.9. The Morgan fingerprint density at radius 1 is 1.03 bits per heavy atom. The van der Waals surface area contributed by atoms with Crippen molar-refractivity contribution in [3.05, 3.63) is 93.6 Å². The Bertz CT molecular complexity index is 1500. The molecular weight excluding hydrogens is 450 g/mol. The number of Topliss-reactive ketones (excluding diaryl/α,β-unsaturated/α-hetero) is 1. The number of nitrogens with zero attached hydrogens (tertiary/aromatic N) is 1. The molecule has 1 aliphatic rings. The van der Waals surface area contributed by atoms with Gasteiger partial charge >= 0.3 is 5.97 Å². The second kappa shape index (κ2) is 9.13. The zero-order chi connectivity index (χ0) is 24.5. The van der Waals surface area contributed by atoms with Gasteiger partial charge < -0.3 is 23.2 Å². The van der Waals surface area contributed by atoms with Gasteiger partial charge in [0.2, 0.25) is 11.5 Å². The number of ether oxygens (including phenoxy) is 3. The Morgan fingerprint density at radius 2 is 1.77 bits per heavy atom. The molecule has 8 nitrogen and oxygen atoms in total. The van der Waals surface area contributed by atoms with Gasteiger partial charge in [-0.25, -0.2) is 4.79 Å². The summed E-state index contributed by atoms with van der Waals surface area (Å²) in [5, 5.41) is 0.364. The van der Waals surface area contributed by atoms with E-state index < -0.39 is 12.6 Å². The summed E-state index contributed by atoms with van der Waals surface area (Å²) in [4.78, 5) is 37.5. The average molecular weight is 473 g/mol. The Labute approximate surface area is 200 Å². The van der Waals surface area contributed by atoms with Crippen molar-refractivity contribution in [3.8, 4) is 11.5 Å². The molecule has 0 N–H and O–H groups in total. The summed E-state index contributed by atoms with van der Waals surface area (Å²) in [6, 6.07) is 16.9. The maximum Gasteiger partial charge on any atom is 0.374 e. The Balaban J connectivity index is 1.26. The topological polar surface area (TPSA) is 97.0 Å². The lowest BCUT2D eigenvalue weighted by Gasteiger charge is -2.27. The number of ketones is 1. The molecule has 8 heteroatoms. The molecule has 0 radical (unpaired) electrons. The molecule has 2 aromatic carbocycles. The third-order valence-electron chi connectivity index (χ3n) is 6.00. The second-order valence-corrected chi connectivity index (χ2v) is 8.36. The fourth-order valence-electron chi connectivity index (χ4n) is 4.21. The molecule has 1 aliphatic heterocycles. The molecule has 1 atom stereocenters. The first-order valence-corrected chi connectivity index (χ1v) is 11.2. The number of aryl methyl sites for hydroxylation is 1.